The third-order valence-corrected chi connectivity index (χ3v) is 2.68. The summed E-state index contributed by atoms with van der Waals surface area (Å²) in [5, 5.41) is 12.0. The number of aryl methyl sites for hydroxylation is 1. The molecule has 0 bridgehead atoms. The van der Waals surface area contributed by atoms with Gasteiger partial charge < -0.3 is 10.4 Å². The lowest BCUT2D eigenvalue weighted by molar-refractivity contribution is 0.0847. The van der Waals surface area contributed by atoms with Gasteiger partial charge in [0.15, 0.2) is 0 Å². The number of aliphatic hydroxyl groups excluding tert-OH is 1. The number of pyridine rings is 1. The highest BCUT2D eigenvalue weighted by Crippen LogP contribution is 2.10. The predicted molar refractivity (Wildman–Crippen MR) is 62.2 cm³/mol. The molecule has 0 saturated heterocycles. The van der Waals surface area contributed by atoms with E-state index in [-0.39, 0.29) is 12.5 Å². The van der Waals surface area contributed by atoms with E-state index in [1.807, 2.05) is 20.8 Å². The second-order valence-corrected chi connectivity index (χ2v) is 4.28. The first-order valence-corrected chi connectivity index (χ1v) is 5.36. The molecular weight excluding hydrogens is 204 g/mol. The van der Waals surface area contributed by atoms with Gasteiger partial charge in [0.1, 0.15) is 0 Å². The van der Waals surface area contributed by atoms with Crippen LogP contribution < -0.4 is 5.32 Å². The largest absolute Gasteiger partial charge is 0.394 e. The predicted octanol–water partition coefficient (Wildman–Crippen LogP) is 1.28. The van der Waals surface area contributed by atoms with Crippen molar-refractivity contribution in [1.29, 1.82) is 0 Å². The first-order chi connectivity index (χ1) is 7.50. The Balaban J connectivity index is 2.80. The molecule has 0 aromatic carbocycles. The van der Waals surface area contributed by atoms with E-state index in [9.17, 15) is 9.90 Å². The summed E-state index contributed by atoms with van der Waals surface area (Å²) in [6, 6.07) is 1.77. The Morgan fingerprint density at radius 3 is 2.75 bits per heavy atom. The molecular formula is C12H18N2O2. The molecule has 16 heavy (non-hydrogen) atoms. The van der Waals surface area contributed by atoms with Crippen LogP contribution in [0.1, 0.15) is 36.2 Å². The van der Waals surface area contributed by atoms with Crippen molar-refractivity contribution in [3.8, 4) is 0 Å². The van der Waals surface area contributed by atoms with E-state index in [1.165, 1.54) is 6.20 Å². The molecule has 1 unspecified atom stereocenters. The van der Waals surface area contributed by atoms with Crippen LogP contribution in [0, 0.1) is 6.92 Å². The molecule has 4 heteroatoms. The number of nitrogens with one attached hydrogen (secondary N) is 1. The minimum Gasteiger partial charge on any atom is -0.394 e. The number of aliphatic hydroxyl groups is 1. The van der Waals surface area contributed by atoms with E-state index in [0.717, 1.165) is 5.56 Å². The minimum absolute atomic E-state index is 0.0749. The van der Waals surface area contributed by atoms with Crippen LogP contribution in [0.5, 0.6) is 0 Å². The van der Waals surface area contributed by atoms with Crippen LogP contribution in [0.4, 0.5) is 0 Å². The summed E-state index contributed by atoms with van der Waals surface area (Å²) in [6.07, 6.45) is 3.89. The average Bonchev–Trinajstić information content (AvgIpc) is 2.29. The molecule has 1 amide bonds. The van der Waals surface area contributed by atoms with Gasteiger partial charge in [0.2, 0.25) is 0 Å². The Morgan fingerprint density at radius 2 is 2.25 bits per heavy atom. The lowest BCUT2D eigenvalue weighted by Gasteiger charge is -2.27. The first-order valence-electron chi connectivity index (χ1n) is 5.36. The van der Waals surface area contributed by atoms with Crippen molar-refractivity contribution >= 4 is 5.91 Å². The number of nitrogens with zero attached hydrogens (tertiary/aromatic N) is 1. The highest BCUT2D eigenvalue weighted by Gasteiger charge is 2.23. The number of carbonyl (C=O) groups excluding carboxylic acids is 1. The number of aromatic nitrogens is 1. The van der Waals surface area contributed by atoms with Gasteiger partial charge in [0.25, 0.3) is 5.91 Å². The standard InChI is InChI=1S/C12H18N2O2/c1-4-12(3,8-15)14-11(16)10-5-9(2)6-13-7-10/h5-7,15H,4,8H2,1-3H3,(H,14,16). The Morgan fingerprint density at radius 1 is 1.56 bits per heavy atom. The van der Waals surface area contributed by atoms with Gasteiger partial charge in [-0.2, -0.15) is 0 Å². The van der Waals surface area contributed by atoms with E-state index in [1.54, 1.807) is 12.3 Å². The highest BCUT2D eigenvalue weighted by atomic mass is 16.3. The molecule has 1 heterocycles. The van der Waals surface area contributed by atoms with E-state index < -0.39 is 5.54 Å². The van der Waals surface area contributed by atoms with E-state index >= 15 is 0 Å². The van der Waals surface area contributed by atoms with Crippen molar-refractivity contribution in [2.45, 2.75) is 32.7 Å². The van der Waals surface area contributed by atoms with Crippen molar-refractivity contribution in [1.82, 2.24) is 10.3 Å². The van der Waals surface area contributed by atoms with E-state index in [4.69, 9.17) is 0 Å². The summed E-state index contributed by atoms with van der Waals surface area (Å²) in [7, 11) is 0. The van der Waals surface area contributed by atoms with Crippen molar-refractivity contribution in [2.75, 3.05) is 6.61 Å². The molecule has 1 aromatic rings. The van der Waals surface area contributed by atoms with E-state index in [0.29, 0.717) is 12.0 Å². The van der Waals surface area contributed by atoms with Crippen molar-refractivity contribution in [2.24, 2.45) is 0 Å². The van der Waals surface area contributed by atoms with Crippen LogP contribution in [0.3, 0.4) is 0 Å². The van der Waals surface area contributed by atoms with Crippen LogP contribution in [0.15, 0.2) is 18.5 Å². The van der Waals surface area contributed by atoms with Crippen LogP contribution in [-0.4, -0.2) is 28.1 Å². The fourth-order valence-electron chi connectivity index (χ4n) is 1.27. The molecule has 1 rings (SSSR count). The molecule has 1 aromatic heterocycles. The van der Waals surface area contributed by atoms with Gasteiger partial charge in [0.05, 0.1) is 17.7 Å². The van der Waals surface area contributed by atoms with Crippen LogP contribution in [0.2, 0.25) is 0 Å². The van der Waals surface area contributed by atoms with Gasteiger partial charge in [-0.1, -0.05) is 6.92 Å². The third-order valence-electron chi connectivity index (χ3n) is 2.68. The summed E-state index contributed by atoms with van der Waals surface area (Å²) < 4.78 is 0. The second kappa shape index (κ2) is 5.07. The quantitative estimate of drug-likeness (QED) is 0.806. The first kappa shape index (κ1) is 12.6. The Kier molecular flexibility index (Phi) is 4.01. The summed E-state index contributed by atoms with van der Waals surface area (Å²) >= 11 is 0. The number of rotatable bonds is 4. The monoisotopic (exact) mass is 222 g/mol. The lowest BCUT2D eigenvalue weighted by Crippen LogP contribution is -2.48. The van der Waals surface area contributed by atoms with E-state index in [2.05, 4.69) is 10.3 Å². The van der Waals surface area contributed by atoms with Crippen molar-refractivity contribution in [3.63, 3.8) is 0 Å². The van der Waals surface area contributed by atoms with Crippen LogP contribution in [-0.2, 0) is 0 Å². The molecule has 88 valence electrons. The van der Waals surface area contributed by atoms with Gasteiger partial charge in [0, 0.05) is 12.4 Å². The summed E-state index contributed by atoms with van der Waals surface area (Å²) in [5.74, 6) is -0.199. The SMILES string of the molecule is CCC(C)(CO)NC(=O)c1cncc(C)c1. The summed E-state index contributed by atoms with van der Waals surface area (Å²) in [4.78, 5) is 15.8. The van der Waals surface area contributed by atoms with Gasteiger partial charge in [-0.15, -0.1) is 0 Å². The van der Waals surface area contributed by atoms with Gasteiger partial charge in [-0.25, -0.2) is 0 Å². The maximum absolute atomic E-state index is 11.9. The zero-order chi connectivity index (χ0) is 12.2. The smallest absolute Gasteiger partial charge is 0.253 e. The topological polar surface area (TPSA) is 62.2 Å². The molecule has 0 aliphatic rings. The van der Waals surface area contributed by atoms with Gasteiger partial charge >= 0.3 is 0 Å². The lowest BCUT2D eigenvalue weighted by atomic mass is 9.99. The minimum atomic E-state index is -0.569. The maximum Gasteiger partial charge on any atom is 0.253 e. The number of hydrogen-bond acceptors (Lipinski definition) is 3. The Labute approximate surface area is 95.7 Å². The summed E-state index contributed by atoms with van der Waals surface area (Å²) in [6.45, 7) is 5.54. The molecule has 4 nitrogen and oxygen atoms in total. The zero-order valence-corrected chi connectivity index (χ0v) is 9.95. The third kappa shape index (κ3) is 3.03. The second-order valence-electron chi connectivity index (χ2n) is 4.28. The number of hydrogen-bond donors (Lipinski definition) is 2. The normalized spacial score (nSPS) is 14.2. The van der Waals surface area contributed by atoms with Crippen LogP contribution >= 0.6 is 0 Å². The van der Waals surface area contributed by atoms with Crippen molar-refractivity contribution < 1.29 is 9.90 Å². The molecule has 0 aliphatic carbocycles. The zero-order valence-electron chi connectivity index (χ0n) is 9.95. The average molecular weight is 222 g/mol. The molecule has 2 N–H and O–H groups in total. The van der Waals surface area contributed by atoms with Crippen LogP contribution in [0.25, 0.3) is 0 Å². The molecule has 0 saturated carbocycles. The van der Waals surface area contributed by atoms with Crippen molar-refractivity contribution in [3.05, 3.63) is 29.6 Å². The highest BCUT2D eigenvalue weighted by molar-refractivity contribution is 5.94. The Hall–Kier alpha value is -1.42. The molecule has 0 radical (unpaired) electrons. The fraction of sp³-hybridized carbons (Fsp3) is 0.500. The van der Waals surface area contributed by atoms with Gasteiger partial charge in [-0.05, 0) is 31.9 Å². The summed E-state index contributed by atoms with van der Waals surface area (Å²) in [5.41, 5.74) is 0.892. The number of carbonyl (C=O) groups is 1. The molecule has 0 aliphatic heterocycles. The maximum atomic E-state index is 11.9. The molecule has 0 fully saturated rings. The Bertz CT molecular complexity index is 373. The molecule has 1 atom stereocenters. The number of amides is 1. The fourth-order valence-corrected chi connectivity index (χ4v) is 1.27. The van der Waals surface area contributed by atoms with Gasteiger partial charge in [-0.3, -0.25) is 9.78 Å². The molecule has 0 spiro atoms.